The summed E-state index contributed by atoms with van der Waals surface area (Å²) < 4.78 is 3.83. The first kappa shape index (κ1) is 24.3. The van der Waals surface area contributed by atoms with Gasteiger partial charge in [-0.3, -0.25) is 9.13 Å². The minimum absolute atomic E-state index is 0.0323. The van der Waals surface area contributed by atoms with Crippen LogP contribution in [0.3, 0.4) is 0 Å². The maximum Gasteiger partial charge on any atom is 0.336 e. The molecule has 3 aromatic carbocycles. The smallest absolute Gasteiger partial charge is 0.336 e. The number of carbonyl (C=O) groups is 1. The van der Waals surface area contributed by atoms with Gasteiger partial charge in [0.25, 0.3) is 0 Å². The first-order valence-corrected chi connectivity index (χ1v) is 12.2. The second-order valence-electron chi connectivity index (χ2n) is 8.94. The molecule has 0 spiro atoms. The van der Waals surface area contributed by atoms with Gasteiger partial charge in [-0.2, -0.15) is 0 Å². The molecule has 1 aromatic heterocycles. The normalized spacial score (nSPS) is 11.0. The second-order valence-corrected chi connectivity index (χ2v) is 8.94. The molecular formula is C30H32N2O3. The highest BCUT2D eigenvalue weighted by molar-refractivity contribution is 5.95. The van der Waals surface area contributed by atoms with Gasteiger partial charge >= 0.3 is 11.7 Å². The van der Waals surface area contributed by atoms with E-state index in [4.69, 9.17) is 0 Å². The maximum atomic E-state index is 13.5. The summed E-state index contributed by atoms with van der Waals surface area (Å²) in [6.45, 7) is 5.38. The van der Waals surface area contributed by atoms with Crippen LogP contribution in [-0.2, 0) is 25.9 Å². The summed E-state index contributed by atoms with van der Waals surface area (Å²) in [7, 11) is 0. The average molecular weight is 469 g/mol. The summed E-state index contributed by atoms with van der Waals surface area (Å²) in [6, 6.07) is 25.1. The zero-order valence-corrected chi connectivity index (χ0v) is 20.4. The molecule has 0 bridgehead atoms. The lowest BCUT2D eigenvalue weighted by Gasteiger charge is -2.10. The number of rotatable bonds is 10. The van der Waals surface area contributed by atoms with Gasteiger partial charge in [0.15, 0.2) is 0 Å². The first-order valence-electron chi connectivity index (χ1n) is 12.2. The summed E-state index contributed by atoms with van der Waals surface area (Å²) >= 11 is 0. The van der Waals surface area contributed by atoms with Crippen molar-refractivity contribution in [1.29, 1.82) is 0 Å². The summed E-state index contributed by atoms with van der Waals surface area (Å²) in [5.41, 5.74) is 6.24. The van der Waals surface area contributed by atoms with Gasteiger partial charge < -0.3 is 5.11 Å². The van der Waals surface area contributed by atoms with Crippen LogP contribution in [0.25, 0.3) is 11.1 Å². The molecule has 0 radical (unpaired) electrons. The molecule has 0 aliphatic rings. The van der Waals surface area contributed by atoms with Crippen LogP contribution in [0, 0.1) is 6.92 Å². The molecule has 180 valence electrons. The Morgan fingerprint density at radius 1 is 0.829 bits per heavy atom. The van der Waals surface area contributed by atoms with Crippen LogP contribution in [-0.4, -0.2) is 20.2 Å². The van der Waals surface area contributed by atoms with E-state index in [0.29, 0.717) is 18.7 Å². The number of unbranched alkanes of at least 4 members (excludes halogenated alkanes) is 1. The fraction of sp³-hybridized carbons (Fsp3) is 0.267. The van der Waals surface area contributed by atoms with Gasteiger partial charge in [-0.25, -0.2) is 9.59 Å². The number of aromatic carboxylic acids is 1. The highest BCUT2D eigenvalue weighted by Gasteiger charge is 2.17. The third-order valence-corrected chi connectivity index (χ3v) is 6.61. The van der Waals surface area contributed by atoms with E-state index >= 15 is 0 Å². The van der Waals surface area contributed by atoms with Crippen molar-refractivity contribution in [3.8, 4) is 11.1 Å². The average Bonchev–Trinajstić information content (AvgIpc) is 3.10. The monoisotopic (exact) mass is 468 g/mol. The number of hydrogen-bond donors (Lipinski definition) is 1. The Bertz CT molecular complexity index is 1350. The van der Waals surface area contributed by atoms with Gasteiger partial charge in [0.2, 0.25) is 0 Å². The maximum absolute atomic E-state index is 13.5. The molecule has 1 N–H and O–H groups in total. The lowest BCUT2D eigenvalue weighted by molar-refractivity contribution is 0.0697. The van der Waals surface area contributed by atoms with Crippen LogP contribution in [0.1, 0.15) is 52.6 Å². The van der Waals surface area contributed by atoms with Gasteiger partial charge in [0, 0.05) is 17.9 Å². The number of carboxylic acid groups (broad SMARTS) is 1. The molecule has 0 saturated carbocycles. The van der Waals surface area contributed by atoms with Crippen LogP contribution in [0.4, 0.5) is 0 Å². The first-order chi connectivity index (χ1) is 17.0. The van der Waals surface area contributed by atoms with E-state index in [1.165, 1.54) is 5.56 Å². The largest absolute Gasteiger partial charge is 0.478 e. The molecule has 0 aliphatic heterocycles. The Kier molecular flexibility index (Phi) is 7.66. The molecular weight excluding hydrogens is 436 g/mol. The van der Waals surface area contributed by atoms with Gasteiger partial charge in [-0.15, -0.1) is 0 Å². The molecule has 0 amide bonds. The third-order valence-electron chi connectivity index (χ3n) is 6.61. The molecule has 35 heavy (non-hydrogen) atoms. The van der Waals surface area contributed by atoms with Crippen LogP contribution in [0.2, 0.25) is 0 Å². The Morgan fingerprint density at radius 2 is 1.51 bits per heavy atom. The summed E-state index contributed by atoms with van der Waals surface area (Å²) in [5, 5.41) is 9.51. The molecule has 0 aliphatic carbocycles. The highest BCUT2D eigenvalue weighted by Crippen LogP contribution is 2.24. The van der Waals surface area contributed by atoms with E-state index in [-0.39, 0.29) is 11.3 Å². The zero-order chi connectivity index (χ0) is 24.8. The van der Waals surface area contributed by atoms with E-state index in [0.717, 1.165) is 48.2 Å². The fourth-order valence-electron chi connectivity index (χ4n) is 4.62. The number of aromatic nitrogens is 2. The second kappa shape index (κ2) is 11.0. The Hall–Kier alpha value is -3.86. The van der Waals surface area contributed by atoms with Gasteiger partial charge in [0.1, 0.15) is 0 Å². The fourth-order valence-corrected chi connectivity index (χ4v) is 4.62. The molecule has 5 nitrogen and oxygen atoms in total. The van der Waals surface area contributed by atoms with E-state index in [2.05, 4.69) is 26.0 Å². The summed E-state index contributed by atoms with van der Waals surface area (Å²) in [4.78, 5) is 25.1. The van der Waals surface area contributed by atoms with Gasteiger partial charge in [-0.05, 0) is 54.5 Å². The highest BCUT2D eigenvalue weighted by atomic mass is 16.4. The van der Waals surface area contributed by atoms with Crippen LogP contribution in [0.5, 0.6) is 0 Å². The molecule has 0 atom stereocenters. The van der Waals surface area contributed by atoms with Crippen molar-refractivity contribution in [2.75, 3.05) is 0 Å². The minimum Gasteiger partial charge on any atom is -0.478 e. The third kappa shape index (κ3) is 5.46. The van der Waals surface area contributed by atoms with E-state index < -0.39 is 5.97 Å². The predicted octanol–water partition coefficient (Wildman–Crippen LogP) is 5.96. The molecule has 4 rings (SSSR count). The number of imidazole rings is 1. The molecule has 0 fully saturated rings. The van der Waals surface area contributed by atoms with E-state index in [9.17, 15) is 14.7 Å². The van der Waals surface area contributed by atoms with E-state index in [1.807, 2.05) is 63.7 Å². The number of benzene rings is 3. The Labute approximate surface area is 206 Å². The number of hydrogen-bond acceptors (Lipinski definition) is 2. The topological polar surface area (TPSA) is 64.2 Å². The van der Waals surface area contributed by atoms with Gasteiger partial charge in [0.05, 0.1) is 12.1 Å². The Balaban J connectivity index is 1.61. The lowest BCUT2D eigenvalue weighted by atomic mass is 9.99. The van der Waals surface area contributed by atoms with Crippen LogP contribution >= 0.6 is 0 Å². The number of aryl methyl sites for hydroxylation is 1. The molecule has 4 aromatic rings. The molecule has 5 heteroatoms. The Morgan fingerprint density at radius 3 is 2.20 bits per heavy atom. The van der Waals surface area contributed by atoms with Crippen molar-refractivity contribution in [3.05, 3.63) is 117 Å². The molecule has 1 heterocycles. The summed E-state index contributed by atoms with van der Waals surface area (Å²) in [5.74, 6) is -0.941. The van der Waals surface area contributed by atoms with Crippen molar-refractivity contribution >= 4 is 5.97 Å². The standard InChI is InChI=1S/C30H32N2O3/c1-3-4-14-28-22(2)31(20-19-23-10-6-5-7-11-23)30(35)32(28)21-24-15-17-25(18-16-24)26-12-8-9-13-27(26)29(33)34/h5-13,15-18H,3-4,14,19-21H2,1-2H3,(H,33,34). The van der Waals surface area contributed by atoms with Gasteiger partial charge in [-0.1, -0.05) is 86.1 Å². The van der Waals surface area contributed by atoms with Crippen molar-refractivity contribution in [1.82, 2.24) is 9.13 Å². The number of nitrogens with zero attached hydrogens (tertiary/aromatic N) is 2. The van der Waals surface area contributed by atoms with Crippen LogP contribution in [0.15, 0.2) is 83.7 Å². The van der Waals surface area contributed by atoms with E-state index in [1.54, 1.807) is 12.1 Å². The van der Waals surface area contributed by atoms with Crippen molar-refractivity contribution in [3.63, 3.8) is 0 Å². The SMILES string of the molecule is CCCCc1c(C)n(CCc2ccccc2)c(=O)n1Cc1ccc(-c2ccccc2C(=O)O)cc1. The quantitative estimate of drug-likeness (QED) is 0.312. The molecule has 0 unspecified atom stereocenters. The lowest BCUT2D eigenvalue weighted by Crippen LogP contribution is -2.26. The van der Waals surface area contributed by atoms with Crippen molar-refractivity contribution in [2.24, 2.45) is 0 Å². The van der Waals surface area contributed by atoms with Crippen LogP contribution < -0.4 is 5.69 Å². The predicted molar refractivity (Wildman–Crippen MR) is 140 cm³/mol. The molecule has 0 saturated heterocycles. The summed E-state index contributed by atoms with van der Waals surface area (Å²) in [6.07, 6.45) is 3.80. The zero-order valence-electron chi connectivity index (χ0n) is 20.4. The minimum atomic E-state index is -0.941. The van der Waals surface area contributed by atoms with Crippen molar-refractivity contribution < 1.29 is 9.90 Å². The number of carboxylic acids is 1. The van der Waals surface area contributed by atoms with Crippen molar-refractivity contribution in [2.45, 2.75) is 52.6 Å².